The highest BCUT2D eigenvalue weighted by Gasteiger charge is 2.21. The Balaban J connectivity index is 1.93. The number of halogens is 1. The quantitative estimate of drug-likeness (QED) is 0.701. The monoisotopic (exact) mass is 361 g/mol. The first-order chi connectivity index (χ1) is 12.0. The van der Waals surface area contributed by atoms with E-state index in [4.69, 9.17) is 0 Å². The Bertz CT molecular complexity index is 983. The first kappa shape index (κ1) is 17.6. The Kier molecular flexibility index (Phi) is 5.15. The van der Waals surface area contributed by atoms with Crippen molar-refractivity contribution in [3.8, 4) is 0 Å². The Morgan fingerprint density at radius 2 is 2.00 bits per heavy atom. The predicted molar refractivity (Wildman–Crippen MR) is 95.1 cm³/mol. The summed E-state index contributed by atoms with van der Waals surface area (Å²) in [6.45, 7) is 2.68. The minimum absolute atomic E-state index is 0.100. The SMILES string of the molecule is CCCCn1cc(S(=O)(=O)NCc2ccccc2F)c2cccnc21. The normalized spacial score (nSPS) is 11.9. The Labute approximate surface area is 146 Å². The lowest BCUT2D eigenvalue weighted by molar-refractivity contribution is 0.574. The molecule has 0 atom stereocenters. The smallest absolute Gasteiger partial charge is 0.243 e. The molecule has 3 aromatic rings. The van der Waals surface area contributed by atoms with Gasteiger partial charge in [0.2, 0.25) is 10.0 Å². The van der Waals surface area contributed by atoms with Crippen LogP contribution in [-0.2, 0) is 23.1 Å². The molecule has 0 aliphatic carbocycles. The number of hydrogen-bond acceptors (Lipinski definition) is 3. The molecule has 0 bridgehead atoms. The molecule has 0 aliphatic heterocycles. The Hall–Kier alpha value is -2.25. The van der Waals surface area contributed by atoms with Crippen molar-refractivity contribution in [2.24, 2.45) is 0 Å². The van der Waals surface area contributed by atoms with E-state index in [0.29, 0.717) is 23.1 Å². The number of unbranched alkanes of at least 4 members (excludes halogenated alkanes) is 1. The molecule has 132 valence electrons. The molecule has 2 heterocycles. The maximum atomic E-state index is 13.7. The molecule has 0 saturated heterocycles. The summed E-state index contributed by atoms with van der Waals surface area (Å²) in [5.74, 6) is -0.433. The van der Waals surface area contributed by atoms with E-state index in [9.17, 15) is 12.8 Å². The summed E-state index contributed by atoms with van der Waals surface area (Å²) in [6.07, 6.45) is 5.19. The van der Waals surface area contributed by atoms with Crippen molar-refractivity contribution < 1.29 is 12.8 Å². The van der Waals surface area contributed by atoms with Crippen LogP contribution in [-0.4, -0.2) is 18.0 Å². The number of rotatable bonds is 7. The fourth-order valence-electron chi connectivity index (χ4n) is 2.70. The third-order valence-corrected chi connectivity index (χ3v) is 5.48. The molecule has 0 radical (unpaired) electrons. The van der Waals surface area contributed by atoms with Crippen LogP contribution >= 0.6 is 0 Å². The van der Waals surface area contributed by atoms with E-state index in [-0.39, 0.29) is 11.4 Å². The van der Waals surface area contributed by atoms with E-state index < -0.39 is 15.8 Å². The van der Waals surface area contributed by atoms with E-state index >= 15 is 0 Å². The lowest BCUT2D eigenvalue weighted by Gasteiger charge is -2.06. The minimum Gasteiger partial charge on any atom is -0.331 e. The molecule has 0 amide bonds. The highest BCUT2D eigenvalue weighted by Crippen LogP contribution is 2.24. The summed E-state index contributed by atoms with van der Waals surface area (Å²) < 4.78 is 43.5. The maximum absolute atomic E-state index is 13.7. The van der Waals surface area contributed by atoms with Gasteiger partial charge in [0.05, 0.1) is 0 Å². The topological polar surface area (TPSA) is 64.0 Å². The van der Waals surface area contributed by atoms with Crippen LogP contribution in [0.15, 0.2) is 53.7 Å². The fourth-order valence-corrected chi connectivity index (χ4v) is 3.91. The lowest BCUT2D eigenvalue weighted by Crippen LogP contribution is -2.23. The second kappa shape index (κ2) is 7.33. The summed E-state index contributed by atoms with van der Waals surface area (Å²) in [5.41, 5.74) is 0.945. The van der Waals surface area contributed by atoms with Crippen molar-refractivity contribution in [3.05, 3.63) is 60.2 Å². The number of benzene rings is 1. The van der Waals surface area contributed by atoms with Gasteiger partial charge in [0, 0.05) is 36.4 Å². The summed E-state index contributed by atoms with van der Waals surface area (Å²) in [4.78, 5) is 4.48. The fraction of sp³-hybridized carbons (Fsp3) is 0.278. The Morgan fingerprint density at radius 3 is 2.76 bits per heavy atom. The molecule has 7 heteroatoms. The van der Waals surface area contributed by atoms with Crippen molar-refractivity contribution in [1.82, 2.24) is 14.3 Å². The van der Waals surface area contributed by atoms with Gasteiger partial charge in [0.25, 0.3) is 0 Å². The summed E-state index contributed by atoms with van der Waals surface area (Å²) in [7, 11) is -3.78. The highest BCUT2D eigenvalue weighted by molar-refractivity contribution is 7.89. The number of nitrogens with zero attached hydrogens (tertiary/aromatic N) is 2. The zero-order valence-electron chi connectivity index (χ0n) is 13.9. The molecule has 0 unspecified atom stereocenters. The molecule has 1 aromatic carbocycles. The first-order valence-corrected chi connectivity index (χ1v) is 9.68. The average Bonchev–Trinajstić information content (AvgIpc) is 2.99. The number of fused-ring (bicyclic) bond motifs is 1. The summed E-state index contributed by atoms with van der Waals surface area (Å²) in [6, 6.07) is 9.56. The number of sulfonamides is 1. The standard InChI is InChI=1S/C18H20FN3O2S/c1-2-3-11-22-13-17(15-8-6-10-20-18(15)22)25(23,24)21-12-14-7-4-5-9-16(14)19/h4-10,13,21H,2-3,11-12H2,1H3. The van der Waals surface area contributed by atoms with Crippen LogP contribution in [0.2, 0.25) is 0 Å². The van der Waals surface area contributed by atoms with Crippen LogP contribution in [0.3, 0.4) is 0 Å². The molecule has 1 N–H and O–H groups in total. The van der Waals surface area contributed by atoms with Gasteiger partial charge in [0.1, 0.15) is 16.4 Å². The zero-order valence-corrected chi connectivity index (χ0v) is 14.8. The molecule has 0 spiro atoms. The van der Waals surface area contributed by atoms with Gasteiger partial charge < -0.3 is 4.57 Å². The van der Waals surface area contributed by atoms with E-state index in [2.05, 4.69) is 16.6 Å². The lowest BCUT2D eigenvalue weighted by atomic mass is 10.2. The van der Waals surface area contributed by atoms with E-state index in [1.165, 1.54) is 6.07 Å². The molecular weight excluding hydrogens is 341 g/mol. The van der Waals surface area contributed by atoms with Crippen molar-refractivity contribution in [2.45, 2.75) is 37.8 Å². The maximum Gasteiger partial charge on any atom is 0.243 e. The van der Waals surface area contributed by atoms with Crippen LogP contribution < -0.4 is 4.72 Å². The van der Waals surface area contributed by atoms with Gasteiger partial charge in [-0.05, 0) is 24.6 Å². The minimum atomic E-state index is -3.78. The Morgan fingerprint density at radius 1 is 1.20 bits per heavy atom. The van der Waals surface area contributed by atoms with Crippen LogP contribution in [0.4, 0.5) is 4.39 Å². The first-order valence-electron chi connectivity index (χ1n) is 8.20. The second-order valence-electron chi connectivity index (χ2n) is 5.83. The van der Waals surface area contributed by atoms with Gasteiger partial charge in [-0.25, -0.2) is 22.5 Å². The van der Waals surface area contributed by atoms with Gasteiger partial charge in [-0.3, -0.25) is 0 Å². The van der Waals surface area contributed by atoms with Gasteiger partial charge in [0.15, 0.2) is 0 Å². The highest BCUT2D eigenvalue weighted by atomic mass is 32.2. The van der Waals surface area contributed by atoms with Gasteiger partial charge in [-0.1, -0.05) is 31.5 Å². The van der Waals surface area contributed by atoms with Crippen molar-refractivity contribution in [2.75, 3.05) is 0 Å². The number of aromatic nitrogens is 2. The average molecular weight is 361 g/mol. The largest absolute Gasteiger partial charge is 0.331 e. The van der Waals surface area contributed by atoms with Crippen LogP contribution in [0, 0.1) is 5.82 Å². The zero-order chi connectivity index (χ0) is 17.9. The van der Waals surface area contributed by atoms with Crippen molar-refractivity contribution >= 4 is 21.1 Å². The number of pyridine rings is 1. The van der Waals surface area contributed by atoms with E-state index in [1.54, 1.807) is 42.7 Å². The molecular formula is C18H20FN3O2S. The van der Waals surface area contributed by atoms with Gasteiger partial charge >= 0.3 is 0 Å². The number of nitrogens with one attached hydrogen (secondary N) is 1. The molecule has 0 aliphatic rings. The number of hydrogen-bond donors (Lipinski definition) is 1. The molecule has 2 aromatic heterocycles. The molecule has 0 saturated carbocycles. The molecule has 0 fully saturated rings. The third-order valence-electron chi connectivity index (χ3n) is 4.05. The second-order valence-corrected chi connectivity index (χ2v) is 7.57. The number of aryl methyl sites for hydroxylation is 1. The molecule has 25 heavy (non-hydrogen) atoms. The van der Waals surface area contributed by atoms with Crippen LogP contribution in [0.25, 0.3) is 11.0 Å². The van der Waals surface area contributed by atoms with Crippen molar-refractivity contribution in [3.63, 3.8) is 0 Å². The predicted octanol–water partition coefficient (Wildman–Crippen LogP) is 3.45. The van der Waals surface area contributed by atoms with Crippen LogP contribution in [0.1, 0.15) is 25.3 Å². The third kappa shape index (κ3) is 3.72. The van der Waals surface area contributed by atoms with E-state index in [0.717, 1.165) is 12.8 Å². The summed E-state index contributed by atoms with van der Waals surface area (Å²) in [5, 5.41) is 0.569. The molecule has 3 rings (SSSR count). The summed E-state index contributed by atoms with van der Waals surface area (Å²) >= 11 is 0. The van der Waals surface area contributed by atoms with Gasteiger partial charge in [-0.15, -0.1) is 0 Å². The molecule has 5 nitrogen and oxygen atoms in total. The van der Waals surface area contributed by atoms with Gasteiger partial charge in [-0.2, -0.15) is 0 Å². The van der Waals surface area contributed by atoms with Crippen molar-refractivity contribution in [1.29, 1.82) is 0 Å². The van der Waals surface area contributed by atoms with Crippen LogP contribution in [0.5, 0.6) is 0 Å². The van der Waals surface area contributed by atoms with E-state index in [1.807, 2.05) is 4.57 Å².